The normalized spacial score (nSPS) is 9.85. The molecule has 0 aliphatic heterocycles. The highest BCUT2D eigenvalue weighted by molar-refractivity contribution is 6.30. The van der Waals surface area contributed by atoms with Gasteiger partial charge in [-0.05, 0) is 30.3 Å². The summed E-state index contributed by atoms with van der Waals surface area (Å²) >= 11 is 5.80. The van der Waals surface area contributed by atoms with Crippen molar-refractivity contribution in [3.63, 3.8) is 0 Å². The minimum Gasteiger partial charge on any atom is -0.477 e. The van der Waals surface area contributed by atoms with Gasteiger partial charge in [0.15, 0.2) is 0 Å². The highest BCUT2D eigenvalue weighted by Gasteiger charge is 2.07. The number of aromatic nitrogens is 1. The van der Waals surface area contributed by atoms with Crippen molar-refractivity contribution < 1.29 is 14.7 Å². The zero-order valence-corrected chi connectivity index (χ0v) is 10.9. The number of carbonyl (C=O) groups is 2. The molecule has 0 radical (unpaired) electrons. The van der Waals surface area contributed by atoms with E-state index in [1.807, 2.05) is 0 Å². The summed E-state index contributed by atoms with van der Waals surface area (Å²) < 4.78 is 0. The fourth-order valence-electron chi connectivity index (χ4n) is 1.48. The molecule has 0 aliphatic carbocycles. The van der Waals surface area contributed by atoms with Gasteiger partial charge in [-0.15, -0.1) is 0 Å². The van der Waals surface area contributed by atoms with E-state index in [1.54, 1.807) is 24.3 Å². The summed E-state index contributed by atoms with van der Waals surface area (Å²) in [4.78, 5) is 26.2. The summed E-state index contributed by atoms with van der Waals surface area (Å²) in [5.74, 6) is -1.16. The Morgan fingerprint density at radius 3 is 2.45 bits per heavy atom. The van der Waals surface area contributed by atoms with E-state index in [-0.39, 0.29) is 5.69 Å². The van der Waals surface area contributed by atoms with Gasteiger partial charge in [0.2, 0.25) is 0 Å². The summed E-state index contributed by atoms with van der Waals surface area (Å²) in [6.45, 7) is 0. The third-order valence-corrected chi connectivity index (χ3v) is 2.55. The zero-order valence-electron chi connectivity index (χ0n) is 10.1. The van der Waals surface area contributed by atoms with Gasteiger partial charge in [0.05, 0.1) is 0 Å². The van der Waals surface area contributed by atoms with Crippen LogP contribution in [0.3, 0.4) is 0 Å². The molecule has 0 saturated carbocycles. The maximum atomic E-state index is 11.7. The maximum absolute atomic E-state index is 11.7. The molecule has 6 nitrogen and oxygen atoms in total. The number of urea groups is 1. The van der Waals surface area contributed by atoms with Crippen molar-refractivity contribution in [2.24, 2.45) is 0 Å². The van der Waals surface area contributed by atoms with Crippen LogP contribution in [0.15, 0.2) is 42.6 Å². The van der Waals surface area contributed by atoms with E-state index in [2.05, 4.69) is 15.6 Å². The number of anilines is 2. The number of nitrogens with one attached hydrogen (secondary N) is 2. The Labute approximate surface area is 119 Å². The summed E-state index contributed by atoms with van der Waals surface area (Å²) in [5, 5.41) is 14.4. The highest BCUT2D eigenvalue weighted by Crippen LogP contribution is 2.15. The summed E-state index contributed by atoms with van der Waals surface area (Å²) in [5.41, 5.74) is 0.713. The van der Waals surface area contributed by atoms with Crippen LogP contribution >= 0.6 is 11.6 Å². The van der Waals surface area contributed by atoms with Gasteiger partial charge in [0.25, 0.3) is 0 Å². The molecular formula is C13H10ClN3O3. The highest BCUT2D eigenvalue weighted by atomic mass is 35.5. The Hall–Kier alpha value is -2.60. The largest absolute Gasteiger partial charge is 0.477 e. The molecule has 0 bridgehead atoms. The second-order valence-electron chi connectivity index (χ2n) is 3.82. The van der Waals surface area contributed by atoms with Crippen LogP contribution in [-0.2, 0) is 0 Å². The van der Waals surface area contributed by atoms with Gasteiger partial charge in [-0.1, -0.05) is 17.7 Å². The first-order valence-corrected chi connectivity index (χ1v) is 5.95. The number of carboxylic acid groups (broad SMARTS) is 1. The average molecular weight is 292 g/mol. The molecule has 2 amide bonds. The summed E-state index contributed by atoms with van der Waals surface area (Å²) in [6, 6.07) is 8.91. The number of rotatable bonds is 3. The van der Waals surface area contributed by atoms with E-state index in [0.29, 0.717) is 16.4 Å². The Morgan fingerprint density at radius 2 is 1.80 bits per heavy atom. The van der Waals surface area contributed by atoms with Crippen LogP contribution in [0.2, 0.25) is 5.02 Å². The van der Waals surface area contributed by atoms with Gasteiger partial charge >= 0.3 is 12.0 Å². The van der Waals surface area contributed by atoms with E-state index >= 15 is 0 Å². The average Bonchev–Trinajstić information content (AvgIpc) is 2.38. The molecule has 0 spiro atoms. The van der Waals surface area contributed by atoms with Gasteiger partial charge in [0.1, 0.15) is 5.69 Å². The fourth-order valence-corrected chi connectivity index (χ4v) is 1.68. The van der Waals surface area contributed by atoms with Gasteiger partial charge in [-0.2, -0.15) is 0 Å². The quantitative estimate of drug-likeness (QED) is 0.810. The fraction of sp³-hybridized carbons (Fsp3) is 0. The molecule has 2 rings (SSSR count). The Morgan fingerprint density at radius 1 is 1.10 bits per heavy atom. The van der Waals surface area contributed by atoms with E-state index < -0.39 is 12.0 Å². The van der Waals surface area contributed by atoms with Crippen LogP contribution in [0.4, 0.5) is 16.2 Å². The second-order valence-corrected chi connectivity index (χ2v) is 4.26. The van der Waals surface area contributed by atoms with Crippen LogP contribution in [0.25, 0.3) is 0 Å². The van der Waals surface area contributed by atoms with E-state index in [4.69, 9.17) is 16.7 Å². The van der Waals surface area contributed by atoms with Crippen molar-refractivity contribution >= 4 is 35.0 Å². The summed E-state index contributed by atoms with van der Waals surface area (Å²) in [6.07, 6.45) is 1.30. The van der Waals surface area contributed by atoms with Crippen molar-refractivity contribution in [2.45, 2.75) is 0 Å². The van der Waals surface area contributed by atoms with Crippen molar-refractivity contribution in [1.29, 1.82) is 0 Å². The first-order valence-electron chi connectivity index (χ1n) is 5.57. The van der Waals surface area contributed by atoms with E-state index in [1.165, 1.54) is 18.3 Å². The number of carbonyl (C=O) groups excluding carboxylic acids is 1. The molecule has 0 unspecified atom stereocenters. The second kappa shape index (κ2) is 6.03. The minimum absolute atomic E-state index is 0.148. The molecule has 1 aromatic carbocycles. The standard InChI is InChI=1S/C13H10ClN3O3/c14-8-2-1-3-9(6-8)16-13(20)17-10-4-5-15-11(7-10)12(18)19/h1-7H,(H,18,19)(H2,15,16,17,20). The van der Waals surface area contributed by atoms with E-state index in [0.717, 1.165) is 0 Å². The SMILES string of the molecule is O=C(Nc1cccc(Cl)c1)Nc1ccnc(C(=O)O)c1. The molecule has 1 aromatic heterocycles. The molecule has 2 aromatic rings. The molecule has 0 saturated heterocycles. The number of amides is 2. The van der Waals surface area contributed by atoms with Crippen molar-refractivity contribution in [2.75, 3.05) is 10.6 Å². The molecule has 3 N–H and O–H groups in total. The van der Waals surface area contributed by atoms with Gasteiger partial charge in [0, 0.05) is 22.6 Å². The number of pyridine rings is 1. The minimum atomic E-state index is -1.16. The predicted molar refractivity (Wildman–Crippen MR) is 75.3 cm³/mol. The lowest BCUT2D eigenvalue weighted by Gasteiger charge is -2.08. The number of aromatic carboxylic acids is 1. The smallest absolute Gasteiger partial charge is 0.354 e. The van der Waals surface area contributed by atoms with E-state index in [9.17, 15) is 9.59 Å². The van der Waals surface area contributed by atoms with Crippen molar-refractivity contribution in [3.05, 3.63) is 53.3 Å². The van der Waals surface area contributed by atoms with Gasteiger partial charge in [-0.3, -0.25) is 0 Å². The first-order chi connectivity index (χ1) is 9.54. The zero-order chi connectivity index (χ0) is 14.5. The monoisotopic (exact) mass is 291 g/mol. The number of halogens is 1. The number of benzene rings is 1. The number of carboxylic acids is 1. The molecule has 0 fully saturated rings. The van der Waals surface area contributed by atoms with Gasteiger partial charge < -0.3 is 15.7 Å². The number of nitrogens with zero attached hydrogens (tertiary/aromatic N) is 1. The van der Waals surface area contributed by atoms with Crippen LogP contribution in [0.5, 0.6) is 0 Å². The molecule has 0 atom stereocenters. The molecule has 102 valence electrons. The molecule has 1 heterocycles. The maximum Gasteiger partial charge on any atom is 0.354 e. The van der Waals surface area contributed by atoms with Crippen molar-refractivity contribution in [3.8, 4) is 0 Å². The van der Waals surface area contributed by atoms with Crippen LogP contribution < -0.4 is 10.6 Å². The lowest BCUT2D eigenvalue weighted by Crippen LogP contribution is -2.19. The Kier molecular flexibility index (Phi) is 4.17. The molecular weight excluding hydrogens is 282 g/mol. The lowest BCUT2D eigenvalue weighted by molar-refractivity contribution is 0.0690. The predicted octanol–water partition coefficient (Wildman–Crippen LogP) is 3.08. The van der Waals surface area contributed by atoms with Crippen LogP contribution in [0, 0.1) is 0 Å². The van der Waals surface area contributed by atoms with Crippen LogP contribution in [-0.4, -0.2) is 22.1 Å². The Bertz CT molecular complexity index is 661. The molecule has 0 aliphatic rings. The number of hydrogen-bond acceptors (Lipinski definition) is 3. The third kappa shape index (κ3) is 3.69. The first kappa shape index (κ1) is 13.8. The topological polar surface area (TPSA) is 91.3 Å². The lowest BCUT2D eigenvalue weighted by atomic mass is 10.3. The molecule has 20 heavy (non-hydrogen) atoms. The third-order valence-electron chi connectivity index (χ3n) is 2.32. The molecule has 7 heteroatoms. The van der Waals surface area contributed by atoms with Crippen LogP contribution in [0.1, 0.15) is 10.5 Å². The summed E-state index contributed by atoms with van der Waals surface area (Å²) in [7, 11) is 0. The Balaban J connectivity index is 2.04. The number of hydrogen-bond donors (Lipinski definition) is 3. The van der Waals surface area contributed by atoms with Crippen molar-refractivity contribution in [1.82, 2.24) is 4.98 Å². The van der Waals surface area contributed by atoms with Gasteiger partial charge in [-0.25, -0.2) is 14.6 Å².